The largest absolute Gasteiger partial charge is 0.492 e. The van der Waals surface area contributed by atoms with E-state index in [2.05, 4.69) is 21.9 Å². The maximum atomic E-state index is 14.1. The molecule has 1 aromatic heterocycles. The van der Waals surface area contributed by atoms with Gasteiger partial charge in [0.1, 0.15) is 10.6 Å². The monoisotopic (exact) mass is 492 g/mol. The molecule has 0 atom stereocenters. The van der Waals surface area contributed by atoms with E-state index in [0.29, 0.717) is 11.3 Å². The zero-order chi connectivity index (χ0) is 20.6. The highest BCUT2D eigenvalue weighted by molar-refractivity contribution is 9.10. The molecule has 4 nitrogen and oxygen atoms in total. The van der Waals surface area contributed by atoms with E-state index in [1.807, 2.05) is 0 Å². The van der Waals surface area contributed by atoms with Crippen LogP contribution in [0.3, 0.4) is 0 Å². The summed E-state index contributed by atoms with van der Waals surface area (Å²) in [5.74, 6) is 2.22. The minimum absolute atomic E-state index is 0.0407. The summed E-state index contributed by atoms with van der Waals surface area (Å²) in [6.07, 6.45) is -0.503. The number of halogens is 6. The molecule has 0 aliphatic rings. The van der Waals surface area contributed by atoms with Crippen LogP contribution in [-0.2, 0) is 10.2 Å². The summed E-state index contributed by atoms with van der Waals surface area (Å²) in [6, 6.07) is 2.62. The van der Waals surface area contributed by atoms with Gasteiger partial charge >= 0.3 is 19.4 Å². The van der Waals surface area contributed by atoms with Gasteiger partial charge in [0.2, 0.25) is 0 Å². The highest BCUT2D eigenvalue weighted by Crippen LogP contribution is 2.63. The number of rotatable bonds is 6. The molecule has 0 fully saturated rings. The van der Waals surface area contributed by atoms with E-state index in [-0.39, 0.29) is 38.9 Å². The molecule has 0 radical (unpaired) electrons. The van der Waals surface area contributed by atoms with Crippen LogP contribution in [0.15, 0.2) is 16.6 Å². The molecule has 0 spiro atoms. The van der Waals surface area contributed by atoms with Crippen LogP contribution in [0.5, 0.6) is 5.75 Å². The molecule has 0 amide bonds. The van der Waals surface area contributed by atoms with Gasteiger partial charge < -0.3 is 14.5 Å². The third-order valence-electron chi connectivity index (χ3n) is 3.36. The molecule has 2 aromatic rings. The van der Waals surface area contributed by atoms with E-state index in [1.165, 1.54) is 12.1 Å². The summed E-state index contributed by atoms with van der Waals surface area (Å²) < 4.78 is 81.1. The molecule has 2 N–H and O–H groups in total. The van der Waals surface area contributed by atoms with Crippen LogP contribution < -0.4 is 4.74 Å². The van der Waals surface area contributed by atoms with E-state index in [4.69, 9.17) is 20.9 Å². The Balaban J connectivity index is 2.48. The summed E-state index contributed by atoms with van der Waals surface area (Å²) in [4.78, 5) is 17.0. The van der Waals surface area contributed by atoms with E-state index in [9.17, 15) is 26.5 Å². The average Bonchev–Trinajstić information content (AvgIpc) is 2.87. The number of fused-ring (bicyclic) bond motifs is 1. The van der Waals surface area contributed by atoms with Gasteiger partial charge in [-0.2, -0.15) is 22.0 Å². The molecule has 0 saturated heterocycles. The minimum atomic E-state index is -5.81. The van der Waals surface area contributed by atoms with Crippen LogP contribution in [0.25, 0.3) is 10.1 Å². The van der Waals surface area contributed by atoms with Crippen LogP contribution in [0, 0.1) is 12.3 Å². The van der Waals surface area contributed by atoms with Crippen molar-refractivity contribution in [1.82, 2.24) is 0 Å². The van der Waals surface area contributed by atoms with E-state index in [1.54, 1.807) is 0 Å². The number of hydrogen-bond acceptors (Lipinski definition) is 3. The third kappa shape index (κ3) is 4.81. The number of ether oxygens (including phenoxy) is 1. The van der Waals surface area contributed by atoms with Crippen LogP contribution in [-0.4, -0.2) is 22.6 Å². The second-order valence-corrected chi connectivity index (χ2v) is 8.86. The second-order valence-electron chi connectivity index (χ2n) is 5.39. The first kappa shape index (κ1) is 22.1. The Bertz CT molecular complexity index is 944. The van der Waals surface area contributed by atoms with Gasteiger partial charge in [0.15, 0.2) is 0 Å². The summed E-state index contributed by atoms with van der Waals surface area (Å²) in [5.41, 5.74) is -4.25. The maximum Gasteiger partial charge on any atom is 0.400 e. The van der Waals surface area contributed by atoms with Gasteiger partial charge in [0.25, 0.3) is 0 Å². The number of benzene rings is 1. The van der Waals surface area contributed by atoms with Crippen LogP contribution in [0.4, 0.5) is 22.0 Å². The normalized spacial score (nSPS) is 13.0. The molecule has 1 heterocycles. The molecule has 0 aliphatic carbocycles. The average molecular weight is 493 g/mol. The molecule has 148 valence electrons. The SMILES string of the molecule is C#Cc1cc(OCCCC(F)(F)F)c2sc(C(F)(F)P(=O)(O)O)c(Br)c2c1. The molecule has 0 bridgehead atoms. The second kappa shape index (κ2) is 7.68. The summed E-state index contributed by atoms with van der Waals surface area (Å²) in [7, 11) is -5.81. The standard InChI is InChI=1S/C15H11BrF5O4PS/c1-2-8-6-9-11(16)13(15(20,21)26(22,23)24)27-12(9)10(7-8)25-5-3-4-14(17,18)19/h1,6-7H,3-5H2,(H2,22,23,24). The van der Waals surface area contributed by atoms with Gasteiger partial charge in [0.05, 0.1) is 11.3 Å². The van der Waals surface area contributed by atoms with Crippen molar-refractivity contribution in [2.24, 2.45) is 0 Å². The molecule has 0 aliphatic heterocycles. The highest BCUT2D eigenvalue weighted by atomic mass is 79.9. The van der Waals surface area contributed by atoms with Crippen molar-refractivity contribution in [3.05, 3.63) is 27.0 Å². The molecule has 27 heavy (non-hydrogen) atoms. The summed E-state index contributed by atoms with van der Waals surface area (Å²) in [6.45, 7) is -0.345. The number of hydrogen-bond donors (Lipinski definition) is 2. The zero-order valence-electron chi connectivity index (χ0n) is 13.2. The Labute approximate surface area is 162 Å². The third-order valence-corrected chi connectivity index (χ3v) is 6.85. The van der Waals surface area contributed by atoms with Crippen LogP contribution >= 0.6 is 34.9 Å². The zero-order valence-corrected chi connectivity index (χ0v) is 16.5. The number of alkyl halides is 5. The van der Waals surface area contributed by atoms with Crippen molar-refractivity contribution in [3.8, 4) is 18.1 Å². The molecular formula is C15H11BrF5O4PS. The first-order chi connectivity index (χ1) is 12.3. The number of thiophene rings is 1. The maximum absolute atomic E-state index is 14.1. The van der Waals surface area contributed by atoms with Gasteiger partial charge in [-0.25, -0.2) is 0 Å². The molecule has 0 saturated carbocycles. The minimum Gasteiger partial charge on any atom is -0.492 e. The van der Waals surface area contributed by atoms with Gasteiger partial charge in [0, 0.05) is 21.8 Å². The van der Waals surface area contributed by atoms with Crippen molar-refractivity contribution in [3.63, 3.8) is 0 Å². The lowest BCUT2D eigenvalue weighted by Gasteiger charge is -2.16. The van der Waals surface area contributed by atoms with Crippen LogP contribution in [0.1, 0.15) is 23.3 Å². The fraction of sp³-hybridized carbons (Fsp3) is 0.333. The molecule has 1 aromatic carbocycles. The smallest absolute Gasteiger partial charge is 0.400 e. The molecule has 0 unspecified atom stereocenters. The first-order valence-corrected chi connectivity index (χ1v) is 10.4. The van der Waals surface area contributed by atoms with Crippen molar-refractivity contribution in [2.75, 3.05) is 6.61 Å². The van der Waals surface area contributed by atoms with Gasteiger partial charge in [-0.1, -0.05) is 5.92 Å². The lowest BCUT2D eigenvalue weighted by atomic mass is 10.1. The fourth-order valence-electron chi connectivity index (χ4n) is 2.11. The first-order valence-electron chi connectivity index (χ1n) is 7.14. The topological polar surface area (TPSA) is 66.8 Å². The Morgan fingerprint density at radius 2 is 1.89 bits per heavy atom. The van der Waals surface area contributed by atoms with Gasteiger partial charge in [-0.05, 0) is 34.5 Å². The van der Waals surface area contributed by atoms with E-state index >= 15 is 0 Å². The van der Waals surface area contributed by atoms with Gasteiger partial charge in [-0.15, -0.1) is 17.8 Å². The van der Waals surface area contributed by atoms with Crippen molar-refractivity contribution >= 4 is 44.9 Å². The fourth-order valence-corrected chi connectivity index (χ4v) is 5.09. The predicted molar refractivity (Wildman–Crippen MR) is 94.2 cm³/mol. The Morgan fingerprint density at radius 3 is 2.41 bits per heavy atom. The quantitative estimate of drug-likeness (QED) is 0.238. The van der Waals surface area contributed by atoms with E-state index < -0.39 is 30.7 Å². The summed E-state index contributed by atoms with van der Waals surface area (Å²) >= 11 is 3.26. The van der Waals surface area contributed by atoms with Crippen molar-refractivity contribution < 1.29 is 41.0 Å². The summed E-state index contributed by atoms with van der Waals surface area (Å²) in [5, 5.41) is 0.115. The van der Waals surface area contributed by atoms with Crippen molar-refractivity contribution in [1.29, 1.82) is 0 Å². The predicted octanol–water partition coefficient (Wildman–Crippen LogP) is 5.59. The Morgan fingerprint density at radius 1 is 1.26 bits per heavy atom. The van der Waals surface area contributed by atoms with Crippen LogP contribution in [0.2, 0.25) is 0 Å². The molecular weight excluding hydrogens is 482 g/mol. The molecule has 12 heteroatoms. The lowest BCUT2D eigenvalue weighted by Crippen LogP contribution is -2.12. The lowest BCUT2D eigenvalue weighted by molar-refractivity contribution is -0.136. The Hall–Kier alpha value is -1.18. The highest BCUT2D eigenvalue weighted by Gasteiger charge is 2.53. The molecule has 2 rings (SSSR count). The van der Waals surface area contributed by atoms with Gasteiger partial charge in [-0.3, -0.25) is 4.57 Å². The van der Waals surface area contributed by atoms with Crippen molar-refractivity contribution in [2.45, 2.75) is 24.7 Å². The Kier molecular flexibility index (Phi) is 6.29. The van der Waals surface area contributed by atoms with E-state index in [0.717, 1.165) is 0 Å². The number of terminal acetylenes is 1.